The molecule has 2 heterocycles. The first kappa shape index (κ1) is 15.2. The van der Waals surface area contributed by atoms with Crippen molar-refractivity contribution in [1.82, 2.24) is 9.97 Å². The van der Waals surface area contributed by atoms with Gasteiger partial charge < -0.3 is 15.0 Å². The van der Waals surface area contributed by atoms with Gasteiger partial charge in [-0.25, -0.2) is 4.98 Å². The number of rotatable bonds is 5. The lowest BCUT2D eigenvalue weighted by Crippen LogP contribution is -2.05. The first-order chi connectivity index (χ1) is 11.1. The first-order valence-electron chi connectivity index (χ1n) is 7.49. The quantitative estimate of drug-likeness (QED) is 0.757. The van der Waals surface area contributed by atoms with E-state index in [9.17, 15) is 4.79 Å². The number of amides is 1. The van der Waals surface area contributed by atoms with E-state index < -0.39 is 0 Å². The zero-order valence-electron chi connectivity index (χ0n) is 13.2. The molecular weight excluding hydrogens is 290 g/mol. The van der Waals surface area contributed by atoms with Crippen LogP contribution in [0.25, 0.3) is 11.0 Å². The van der Waals surface area contributed by atoms with E-state index in [0.29, 0.717) is 13.2 Å². The minimum absolute atomic E-state index is 0.105. The summed E-state index contributed by atoms with van der Waals surface area (Å²) < 4.78 is 5.75. The predicted octanol–water partition coefficient (Wildman–Crippen LogP) is 3.55. The normalized spacial score (nSPS) is 10.9. The highest BCUT2D eigenvalue weighted by Gasteiger charge is 2.07. The Hall–Kier alpha value is -2.66. The van der Waals surface area contributed by atoms with Crippen molar-refractivity contribution in [2.45, 2.75) is 27.1 Å². The Morgan fingerprint density at radius 3 is 2.70 bits per heavy atom. The first-order valence-corrected chi connectivity index (χ1v) is 7.49. The molecule has 0 fully saturated rings. The molecule has 0 radical (unpaired) electrons. The molecule has 0 saturated carbocycles. The second-order valence-electron chi connectivity index (χ2n) is 5.60. The number of aromatic nitrogens is 2. The van der Waals surface area contributed by atoms with Crippen LogP contribution in [0.15, 0.2) is 42.7 Å². The fraction of sp³-hybridized carbons (Fsp3) is 0.222. The molecule has 5 heteroatoms. The van der Waals surface area contributed by atoms with Crippen LogP contribution < -0.4 is 5.32 Å². The molecule has 1 aromatic carbocycles. The molecule has 0 atom stereocenters. The van der Waals surface area contributed by atoms with E-state index in [1.807, 2.05) is 6.07 Å². The molecule has 0 bridgehead atoms. The van der Waals surface area contributed by atoms with Crippen molar-refractivity contribution in [3.05, 3.63) is 59.4 Å². The third kappa shape index (κ3) is 3.76. The summed E-state index contributed by atoms with van der Waals surface area (Å²) in [5.41, 5.74) is 4.83. The van der Waals surface area contributed by atoms with Crippen molar-refractivity contribution in [3.8, 4) is 0 Å². The highest BCUT2D eigenvalue weighted by Crippen LogP contribution is 2.23. The Morgan fingerprint density at radius 1 is 1.22 bits per heavy atom. The number of carbonyl (C=O) groups excluding carboxylic acids is 1. The summed E-state index contributed by atoms with van der Waals surface area (Å²) in [6.45, 7) is 4.58. The number of pyridine rings is 1. The van der Waals surface area contributed by atoms with E-state index in [2.05, 4.69) is 46.5 Å². The molecule has 0 aliphatic carbocycles. The number of ether oxygens (including phenoxy) is 1. The third-order valence-electron chi connectivity index (χ3n) is 3.56. The summed E-state index contributed by atoms with van der Waals surface area (Å²) in [6, 6.07) is 10.3. The largest absolute Gasteiger partial charge is 0.372 e. The number of aryl methyl sites for hydroxylation is 1. The Bertz CT molecular complexity index is 822. The molecule has 0 saturated heterocycles. The summed E-state index contributed by atoms with van der Waals surface area (Å²) in [4.78, 5) is 18.6. The van der Waals surface area contributed by atoms with Gasteiger partial charge in [0.2, 0.25) is 5.91 Å². The number of fused-ring (bicyclic) bond motifs is 1. The van der Waals surface area contributed by atoms with Gasteiger partial charge >= 0.3 is 0 Å². The Labute approximate surface area is 134 Å². The van der Waals surface area contributed by atoms with Crippen molar-refractivity contribution in [3.63, 3.8) is 0 Å². The topological polar surface area (TPSA) is 67.0 Å². The molecule has 0 aliphatic heterocycles. The monoisotopic (exact) mass is 309 g/mol. The van der Waals surface area contributed by atoms with Crippen molar-refractivity contribution >= 4 is 22.6 Å². The molecule has 3 rings (SSSR count). The Balaban J connectivity index is 1.67. The molecule has 2 aromatic heterocycles. The van der Waals surface area contributed by atoms with Gasteiger partial charge in [0.15, 0.2) is 0 Å². The predicted molar refractivity (Wildman–Crippen MR) is 90.1 cm³/mol. The summed E-state index contributed by atoms with van der Waals surface area (Å²) in [6.07, 6.45) is 3.53. The van der Waals surface area contributed by atoms with Gasteiger partial charge in [0.1, 0.15) is 5.65 Å². The fourth-order valence-corrected chi connectivity index (χ4v) is 2.39. The van der Waals surface area contributed by atoms with E-state index in [0.717, 1.165) is 27.8 Å². The van der Waals surface area contributed by atoms with Crippen LogP contribution in [0.4, 0.5) is 5.69 Å². The number of H-pyrrole nitrogens is 1. The van der Waals surface area contributed by atoms with Gasteiger partial charge in [-0.15, -0.1) is 0 Å². The van der Waals surface area contributed by atoms with Crippen LogP contribution in [0, 0.1) is 6.92 Å². The molecule has 23 heavy (non-hydrogen) atoms. The molecule has 0 spiro atoms. The number of benzene rings is 1. The molecule has 3 aromatic rings. The van der Waals surface area contributed by atoms with E-state index in [-0.39, 0.29) is 5.91 Å². The van der Waals surface area contributed by atoms with Gasteiger partial charge in [0.25, 0.3) is 0 Å². The van der Waals surface area contributed by atoms with E-state index >= 15 is 0 Å². The zero-order chi connectivity index (χ0) is 16.2. The van der Waals surface area contributed by atoms with Crippen LogP contribution in [0.3, 0.4) is 0 Å². The minimum atomic E-state index is -0.105. The third-order valence-corrected chi connectivity index (χ3v) is 3.56. The average Bonchev–Trinajstić information content (AvgIpc) is 2.91. The van der Waals surface area contributed by atoms with Crippen LogP contribution in [0.1, 0.15) is 23.6 Å². The summed E-state index contributed by atoms with van der Waals surface area (Å²) in [5.74, 6) is -0.105. The van der Waals surface area contributed by atoms with Gasteiger partial charge in [-0.2, -0.15) is 0 Å². The summed E-state index contributed by atoms with van der Waals surface area (Å²) >= 11 is 0. The van der Waals surface area contributed by atoms with E-state index in [1.165, 1.54) is 12.5 Å². The highest BCUT2D eigenvalue weighted by atomic mass is 16.5. The number of nitrogens with zero attached hydrogens (tertiary/aromatic N) is 1. The van der Waals surface area contributed by atoms with Crippen LogP contribution in [-0.2, 0) is 22.7 Å². The lowest BCUT2D eigenvalue weighted by Gasteiger charge is -2.06. The molecule has 118 valence electrons. The van der Waals surface area contributed by atoms with E-state index in [1.54, 1.807) is 12.4 Å². The lowest BCUT2D eigenvalue weighted by atomic mass is 10.2. The smallest absolute Gasteiger partial charge is 0.221 e. The standard InChI is InChI=1S/C18H19N3O2/c1-12-3-5-14(6-4-12)10-23-11-15-7-16-17(21-13(2)22)9-20-18(16)19-8-15/h3-9H,10-11H2,1-2H3,(H,19,20)(H,21,22). The van der Waals surface area contributed by atoms with Crippen LogP contribution in [0.5, 0.6) is 0 Å². The van der Waals surface area contributed by atoms with Gasteiger partial charge in [-0.1, -0.05) is 29.8 Å². The molecule has 0 aliphatic rings. The van der Waals surface area contributed by atoms with Gasteiger partial charge in [-0.3, -0.25) is 4.79 Å². The van der Waals surface area contributed by atoms with Gasteiger partial charge in [0, 0.05) is 24.7 Å². The second-order valence-corrected chi connectivity index (χ2v) is 5.60. The molecule has 5 nitrogen and oxygen atoms in total. The number of carbonyl (C=O) groups is 1. The minimum Gasteiger partial charge on any atom is -0.372 e. The maximum absolute atomic E-state index is 11.2. The molecule has 0 unspecified atom stereocenters. The number of anilines is 1. The van der Waals surface area contributed by atoms with Gasteiger partial charge in [-0.05, 0) is 24.1 Å². The molecule has 2 N–H and O–H groups in total. The van der Waals surface area contributed by atoms with Crippen LogP contribution in [0.2, 0.25) is 0 Å². The molecule has 1 amide bonds. The van der Waals surface area contributed by atoms with E-state index in [4.69, 9.17) is 4.74 Å². The summed E-state index contributed by atoms with van der Waals surface area (Å²) in [7, 11) is 0. The fourth-order valence-electron chi connectivity index (χ4n) is 2.39. The van der Waals surface area contributed by atoms with Crippen molar-refractivity contribution < 1.29 is 9.53 Å². The van der Waals surface area contributed by atoms with Crippen molar-refractivity contribution in [2.75, 3.05) is 5.32 Å². The van der Waals surface area contributed by atoms with Crippen LogP contribution >= 0.6 is 0 Å². The number of hydrogen-bond acceptors (Lipinski definition) is 3. The molecular formula is C18H19N3O2. The van der Waals surface area contributed by atoms with Gasteiger partial charge in [0.05, 0.1) is 18.9 Å². The maximum Gasteiger partial charge on any atom is 0.221 e. The Kier molecular flexibility index (Phi) is 4.39. The lowest BCUT2D eigenvalue weighted by molar-refractivity contribution is -0.114. The maximum atomic E-state index is 11.2. The highest BCUT2D eigenvalue weighted by molar-refractivity contribution is 5.99. The zero-order valence-corrected chi connectivity index (χ0v) is 13.2. The second kappa shape index (κ2) is 6.62. The van der Waals surface area contributed by atoms with Crippen molar-refractivity contribution in [1.29, 1.82) is 0 Å². The number of nitrogens with one attached hydrogen (secondary N) is 2. The number of hydrogen-bond donors (Lipinski definition) is 2. The number of aromatic amines is 1. The van der Waals surface area contributed by atoms with Crippen molar-refractivity contribution in [2.24, 2.45) is 0 Å². The summed E-state index contributed by atoms with van der Waals surface area (Å²) in [5, 5.41) is 3.68. The van der Waals surface area contributed by atoms with Crippen LogP contribution in [-0.4, -0.2) is 15.9 Å². The Morgan fingerprint density at radius 2 is 1.96 bits per heavy atom. The SMILES string of the molecule is CC(=O)Nc1c[nH]c2ncc(COCc3ccc(C)cc3)cc12. The average molecular weight is 309 g/mol.